The van der Waals surface area contributed by atoms with Crippen molar-refractivity contribution in [3.8, 4) is 0 Å². The molecule has 0 spiro atoms. The molecule has 8 heteroatoms. The van der Waals surface area contributed by atoms with Crippen LogP contribution in [0.3, 0.4) is 0 Å². The Balaban J connectivity index is 1.88. The molecule has 0 unspecified atom stereocenters. The predicted molar refractivity (Wildman–Crippen MR) is 128 cm³/mol. The number of rotatable bonds is 5. The summed E-state index contributed by atoms with van der Waals surface area (Å²) in [5, 5.41) is 14.7. The monoisotopic (exact) mass is 461 g/mol. The molecule has 3 aromatic rings. The van der Waals surface area contributed by atoms with Gasteiger partial charge in [0.1, 0.15) is 5.70 Å². The van der Waals surface area contributed by atoms with Gasteiger partial charge in [0.05, 0.1) is 16.2 Å². The fourth-order valence-electron chi connectivity index (χ4n) is 3.74. The van der Waals surface area contributed by atoms with Crippen molar-refractivity contribution in [2.45, 2.75) is 20.8 Å². The molecule has 0 saturated carbocycles. The molecule has 0 aliphatic carbocycles. The highest BCUT2D eigenvalue weighted by Gasteiger charge is 2.41. The van der Waals surface area contributed by atoms with Crippen LogP contribution >= 0.6 is 11.6 Å². The first-order valence-corrected chi connectivity index (χ1v) is 10.5. The smallest absolute Gasteiger partial charge is 0.282 e. The first-order valence-electron chi connectivity index (χ1n) is 10.2. The fourth-order valence-corrected chi connectivity index (χ4v) is 3.91. The third-order valence-electron chi connectivity index (χ3n) is 5.80. The van der Waals surface area contributed by atoms with Gasteiger partial charge in [0.15, 0.2) is 0 Å². The molecule has 0 saturated heterocycles. The van der Waals surface area contributed by atoms with Gasteiger partial charge < -0.3 is 5.32 Å². The van der Waals surface area contributed by atoms with Crippen molar-refractivity contribution in [3.05, 3.63) is 104 Å². The Kier molecular flexibility index (Phi) is 5.74. The summed E-state index contributed by atoms with van der Waals surface area (Å²) >= 11 is 6.25. The number of nitrogens with one attached hydrogen (secondary N) is 1. The second-order valence-electron chi connectivity index (χ2n) is 7.76. The van der Waals surface area contributed by atoms with Crippen LogP contribution in [0.1, 0.15) is 22.3 Å². The number of anilines is 2. The number of nitrogens with zero attached hydrogens (tertiary/aromatic N) is 2. The number of hydrogen-bond donors (Lipinski definition) is 1. The highest BCUT2D eigenvalue weighted by atomic mass is 35.5. The molecule has 1 heterocycles. The topological polar surface area (TPSA) is 92.6 Å². The molecule has 0 fully saturated rings. The lowest BCUT2D eigenvalue weighted by atomic mass is 10.0. The van der Waals surface area contributed by atoms with E-state index in [1.54, 1.807) is 37.3 Å². The predicted octanol–water partition coefficient (Wildman–Crippen LogP) is 5.57. The van der Waals surface area contributed by atoms with Gasteiger partial charge in [-0.25, -0.2) is 4.90 Å². The van der Waals surface area contributed by atoms with E-state index in [4.69, 9.17) is 11.6 Å². The number of halogens is 1. The average Bonchev–Trinajstić information content (AvgIpc) is 3.03. The highest BCUT2D eigenvalue weighted by molar-refractivity contribution is 6.46. The first kappa shape index (κ1) is 22.2. The average molecular weight is 462 g/mol. The zero-order chi connectivity index (χ0) is 23.9. The minimum absolute atomic E-state index is 0.0834. The van der Waals surface area contributed by atoms with E-state index in [9.17, 15) is 19.7 Å². The molecule has 166 valence electrons. The molecule has 1 N–H and O–H groups in total. The quantitative estimate of drug-likeness (QED) is 0.304. The van der Waals surface area contributed by atoms with Crippen LogP contribution in [0, 0.1) is 30.9 Å². The molecule has 0 atom stereocenters. The zero-order valence-corrected chi connectivity index (χ0v) is 18.9. The Morgan fingerprint density at radius 3 is 2.21 bits per heavy atom. The molecule has 0 bridgehead atoms. The normalized spacial score (nSPS) is 13.6. The van der Waals surface area contributed by atoms with Crippen LogP contribution in [0.2, 0.25) is 5.02 Å². The van der Waals surface area contributed by atoms with Gasteiger partial charge in [-0.3, -0.25) is 19.7 Å². The Morgan fingerprint density at radius 2 is 1.55 bits per heavy atom. The van der Waals surface area contributed by atoms with Crippen molar-refractivity contribution in [1.82, 2.24) is 0 Å². The molecule has 3 aromatic carbocycles. The number of imide groups is 1. The lowest BCUT2D eigenvalue weighted by Crippen LogP contribution is -2.33. The molecule has 7 nitrogen and oxygen atoms in total. The summed E-state index contributed by atoms with van der Waals surface area (Å²) in [6.45, 7) is 5.56. The molecule has 1 aliphatic rings. The second kappa shape index (κ2) is 8.52. The number of benzene rings is 3. The number of hydrogen-bond acceptors (Lipinski definition) is 5. The first-order chi connectivity index (χ1) is 15.7. The summed E-state index contributed by atoms with van der Waals surface area (Å²) in [7, 11) is 0. The van der Waals surface area contributed by atoms with Gasteiger partial charge >= 0.3 is 0 Å². The van der Waals surface area contributed by atoms with Gasteiger partial charge in [-0.05, 0) is 73.4 Å². The van der Waals surface area contributed by atoms with Crippen LogP contribution < -0.4 is 10.2 Å². The van der Waals surface area contributed by atoms with E-state index < -0.39 is 16.7 Å². The summed E-state index contributed by atoms with van der Waals surface area (Å²) < 4.78 is 0. The highest BCUT2D eigenvalue weighted by Crippen LogP contribution is 2.37. The Morgan fingerprint density at radius 1 is 0.879 bits per heavy atom. The van der Waals surface area contributed by atoms with Gasteiger partial charge in [-0.1, -0.05) is 29.8 Å². The summed E-state index contributed by atoms with van der Waals surface area (Å²) in [6, 6.07) is 16.2. The summed E-state index contributed by atoms with van der Waals surface area (Å²) in [6.07, 6.45) is 0. The number of nitro benzene ring substituents is 1. The van der Waals surface area contributed by atoms with Gasteiger partial charge in [0.2, 0.25) is 0 Å². The molecule has 33 heavy (non-hydrogen) atoms. The second-order valence-corrected chi connectivity index (χ2v) is 8.16. The Hall–Kier alpha value is -3.97. The van der Waals surface area contributed by atoms with E-state index in [0.29, 0.717) is 22.0 Å². The Labute approximate surface area is 195 Å². The van der Waals surface area contributed by atoms with E-state index >= 15 is 0 Å². The molecule has 4 rings (SSSR count). The Bertz CT molecular complexity index is 1350. The van der Waals surface area contributed by atoms with Crippen molar-refractivity contribution in [3.63, 3.8) is 0 Å². The van der Waals surface area contributed by atoms with E-state index in [1.165, 1.54) is 24.3 Å². The minimum Gasteiger partial charge on any atom is -0.350 e. The summed E-state index contributed by atoms with van der Waals surface area (Å²) in [4.78, 5) is 38.9. The van der Waals surface area contributed by atoms with Crippen LogP contribution in [-0.2, 0) is 9.59 Å². The van der Waals surface area contributed by atoms with Crippen molar-refractivity contribution in [2.24, 2.45) is 0 Å². The van der Waals surface area contributed by atoms with E-state index in [-0.39, 0.29) is 17.0 Å². The number of non-ortho nitro benzene ring substituents is 1. The molecule has 0 radical (unpaired) electrons. The zero-order valence-electron chi connectivity index (χ0n) is 18.2. The number of carbonyl (C=O) groups is 2. The maximum absolute atomic E-state index is 13.6. The van der Waals surface area contributed by atoms with Crippen molar-refractivity contribution < 1.29 is 14.5 Å². The van der Waals surface area contributed by atoms with Crippen LogP contribution in [0.25, 0.3) is 5.57 Å². The van der Waals surface area contributed by atoms with E-state index in [2.05, 4.69) is 5.32 Å². The van der Waals surface area contributed by atoms with Crippen molar-refractivity contribution in [2.75, 3.05) is 10.2 Å². The van der Waals surface area contributed by atoms with E-state index in [1.807, 2.05) is 19.9 Å². The van der Waals surface area contributed by atoms with Crippen molar-refractivity contribution in [1.29, 1.82) is 0 Å². The molecular formula is C25H20ClN3O4. The van der Waals surface area contributed by atoms with Gasteiger partial charge in [0, 0.05) is 22.8 Å². The molecule has 2 amide bonds. The van der Waals surface area contributed by atoms with E-state index in [0.717, 1.165) is 21.6 Å². The van der Waals surface area contributed by atoms with Gasteiger partial charge in [-0.2, -0.15) is 0 Å². The largest absolute Gasteiger partial charge is 0.350 e. The number of aryl methyl sites for hydroxylation is 1. The lowest BCUT2D eigenvalue weighted by Gasteiger charge is -2.19. The maximum atomic E-state index is 13.6. The van der Waals surface area contributed by atoms with Crippen LogP contribution in [0.5, 0.6) is 0 Å². The summed E-state index contributed by atoms with van der Waals surface area (Å²) in [5.74, 6) is -1.02. The molecule has 0 aromatic heterocycles. The van der Waals surface area contributed by atoms with Gasteiger partial charge in [0.25, 0.3) is 17.5 Å². The maximum Gasteiger partial charge on any atom is 0.282 e. The number of nitro groups is 1. The fraction of sp³-hybridized carbons (Fsp3) is 0.120. The molecule has 1 aliphatic heterocycles. The standard InChI is InChI=1S/C25H20ClN3O4/c1-14-6-4-9-21(15(14)2)28-24(30)22(17-10-12-18(13-11-17)29(32)33)23(25(28)31)27-20-8-5-7-19(26)16(20)3/h4-13,27H,1-3H3. The number of amides is 2. The van der Waals surface area contributed by atoms with Crippen molar-refractivity contribution >= 4 is 46.1 Å². The third-order valence-corrected chi connectivity index (χ3v) is 6.20. The third kappa shape index (κ3) is 3.87. The minimum atomic E-state index is -0.517. The van der Waals surface area contributed by atoms with Crippen LogP contribution in [0.4, 0.5) is 17.1 Å². The summed E-state index contributed by atoms with van der Waals surface area (Å²) in [5.41, 5.74) is 4.05. The number of carbonyl (C=O) groups excluding carboxylic acids is 2. The van der Waals surface area contributed by atoms with Crippen LogP contribution in [-0.4, -0.2) is 16.7 Å². The van der Waals surface area contributed by atoms with Gasteiger partial charge in [-0.15, -0.1) is 0 Å². The lowest BCUT2D eigenvalue weighted by molar-refractivity contribution is -0.384. The SMILES string of the molecule is Cc1cccc(N2C(=O)C(Nc3cccc(Cl)c3C)=C(c3ccc([N+](=O)[O-])cc3)C2=O)c1C. The van der Waals surface area contributed by atoms with Crippen LogP contribution in [0.15, 0.2) is 66.4 Å². The molecular weight excluding hydrogens is 442 g/mol.